The number of nitrogens with one attached hydrogen (secondary N) is 1. The number of nitrogen functional groups attached to an aromatic ring is 1. The normalized spacial score (nSPS) is 15.4. The minimum absolute atomic E-state index is 0.0120. The molecule has 0 spiro atoms. The number of amides is 1. The Morgan fingerprint density at radius 2 is 2.06 bits per heavy atom. The third-order valence-corrected chi connectivity index (χ3v) is 6.40. The fourth-order valence-corrected chi connectivity index (χ4v) is 4.95. The fraction of sp³-hybridized carbons (Fsp3) is 0.375. The van der Waals surface area contributed by atoms with Crippen molar-refractivity contribution in [1.29, 1.82) is 0 Å². The SMILES string of the molecule is COCC(=O)N[C@H]1CCCc2c(-c3nnc(-c4ccc(OC(C)C)c(N)c4)s3)cccc21. The van der Waals surface area contributed by atoms with Crippen molar-refractivity contribution in [3.63, 3.8) is 0 Å². The van der Waals surface area contributed by atoms with Crippen LogP contribution >= 0.6 is 11.3 Å². The highest BCUT2D eigenvalue weighted by Crippen LogP contribution is 2.39. The third kappa shape index (κ3) is 4.76. The predicted octanol–water partition coefficient (Wildman–Crippen LogP) is 4.38. The molecule has 0 unspecified atom stereocenters. The van der Waals surface area contributed by atoms with E-state index in [-0.39, 0.29) is 24.7 Å². The molecular weight excluding hydrogens is 424 g/mol. The summed E-state index contributed by atoms with van der Waals surface area (Å²) in [6.45, 7) is 4.01. The molecule has 0 fully saturated rings. The summed E-state index contributed by atoms with van der Waals surface area (Å²) in [5.74, 6) is 0.573. The standard InChI is InChI=1S/C24H28N4O3S/c1-14(2)31-21-11-10-15(12-19(21)25)23-27-28-24(32-23)18-8-4-7-17-16(18)6-5-9-20(17)26-22(29)13-30-3/h4,7-8,10-12,14,20H,5-6,9,13,25H2,1-3H3,(H,26,29)/t20-/m0/s1. The molecule has 2 aromatic carbocycles. The van der Waals surface area contributed by atoms with Crippen molar-refractivity contribution < 1.29 is 14.3 Å². The number of aromatic nitrogens is 2. The van der Waals surface area contributed by atoms with Crippen molar-refractivity contribution in [3.05, 3.63) is 47.5 Å². The highest BCUT2D eigenvalue weighted by molar-refractivity contribution is 7.17. The van der Waals surface area contributed by atoms with E-state index in [1.54, 1.807) is 0 Å². The minimum Gasteiger partial charge on any atom is -0.489 e. The van der Waals surface area contributed by atoms with Crippen LogP contribution in [-0.2, 0) is 16.0 Å². The fourth-order valence-electron chi connectivity index (χ4n) is 4.06. The van der Waals surface area contributed by atoms with Gasteiger partial charge in [-0.2, -0.15) is 0 Å². The van der Waals surface area contributed by atoms with Gasteiger partial charge in [-0.1, -0.05) is 29.5 Å². The van der Waals surface area contributed by atoms with Gasteiger partial charge in [0.2, 0.25) is 5.91 Å². The smallest absolute Gasteiger partial charge is 0.246 e. The van der Waals surface area contributed by atoms with E-state index in [4.69, 9.17) is 15.2 Å². The molecule has 1 atom stereocenters. The molecule has 0 saturated carbocycles. The van der Waals surface area contributed by atoms with Gasteiger partial charge in [-0.15, -0.1) is 10.2 Å². The van der Waals surface area contributed by atoms with E-state index in [1.807, 2.05) is 38.1 Å². The Morgan fingerprint density at radius 1 is 1.25 bits per heavy atom. The monoisotopic (exact) mass is 452 g/mol. The Bertz CT molecular complexity index is 1110. The average Bonchev–Trinajstić information content (AvgIpc) is 3.25. The Labute approximate surface area is 192 Å². The molecule has 0 bridgehead atoms. The summed E-state index contributed by atoms with van der Waals surface area (Å²) in [7, 11) is 1.53. The van der Waals surface area contributed by atoms with E-state index in [0.29, 0.717) is 11.4 Å². The maximum atomic E-state index is 12.1. The Balaban J connectivity index is 1.61. The zero-order valence-electron chi connectivity index (χ0n) is 18.6. The maximum Gasteiger partial charge on any atom is 0.246 e. The van der Waals surface area contributed by atoms with Crippen LogP contribution in [0.25, 0.3) is 21.1 Å². The van der Waals surface area contributed by atoms with Crippen molar-refractivity contribution in [1.82, 2.24) is 15.5 Å². The average molecular weight is 453 g/mol. The lowest BCUT2D eigenvalue weighted by atomic mass is 9.85. The van der Waals surface area contributed by atoms with Crippen molar-refractivity contribution in [3.8, 4) is 26.9 Å². The quantitative estimate of drug-likeness (QED) is 0.516. The summed E-state index contributed by atoms with van der Waals surface area (Å²) in [4.78, 5) is 12.1. The number of nitrogens with zero attached hydrogens (tertiary/aromatic N) is 2. The molecule has 1 aliphatic carbocycles. The first kappa shape index (κ1) is 22.2. The molecule has 8 heteroatoms. The summed E-state index contributed by atoms with van der Waals surface area (Å²) in [5, 5.41) is 13.7. The number of hydrogen-bond acceptors (Lipinski definition) is 7. The van der Waals surface area contributed by atoms with E-state index < -0.39 is 0 Å². The highest BCUT2D eigenvalue weighted by atomic mass is 32.1. The Morgan fingerprint density at radius 3 is 2.81 bits per heavy atom. The van der Waals surface area contributed by atoms with Crippen LogP contribution in [0.1, 0.15) is 43.9 Å². The van der Waals surface area contributed by atoms with Crippen LogP contribution in [0, 0.1) is 0 Å². The third-order valence-electron chi connectivity index (χ3n) is 5.39. The van der Waals surface area contributed by atoms with Crippen molar-refractivity contribution in [2.45, 2.75) is 45.3 Å². The van der Waals surface area contributed by atoms with Gasteiger partial charge in [0.25, 0.3) is 0 Å². The van der Waals surface area contributed by atoms with Crippen molar-refractivity contribution >= 4 is 22.9 Å². The first-order chi connectivity index (χ1) is 15.5. The van der Waals surface area contributed by atoms with Crippen LogP contribution in [0.3, 0.4) is 0 Å². The number of carbonyl (C=O) groups is 1. The van der Waals surface area contributed by atoms with E-state index in [0.717, 1.165) is 46.0 Å². The van der Waals surface area contributed by atoms with E-state index >= 15 is 0 Å². The largest absolute Gasteiger partial charge is 0.489 e. The zero-order chi connectivity index (χ0) is 22.7. The van der Waals surface area contributed by atoms with Crippen molar-refractivity contribution in [2.75, 3.05) is 19.5 Å². The number of rotatable bonds is 7. The van der Waals surface area contributed by atoms with Gasteiger partial charge >= 0.3 is 0 Å². The number of methoxy groups -OCH3 is 1. The molecule has 32 heavy (non-hydrogen) atoms. The van der Waals surface area contributed by atoms with Gasteiger partial charge in [0, 0.05) is 18.2 Å². The van der Waals surface area contributed by atoms with Gasteiger partial charge in [-0.3, -0.25) is 4.79 Å². The van der Waals surface area contributed by atoms with Crippen molar-refractivity contribution in [2.24, 2.45) is 0 Å². The Kier molecular flexibility index (Phi) is 6.72. The first-order valence-electron chi connectivity index (χ1n) is 10.8. The van der Waals surface area contributed by atoms with E-state index in [1.165, 1.54) is 24.0 Å². The highest BCUT2D eigenvalue weighted by Gasteiger charge is 2.25. The number of anilines is 1. The van der Waals surface area contributed by atoms with Crippen LogP contribution < -0.4 is 15.8 Å². The molecule has 3 aromatic rings. The molecule has 1 aromatic heterocycles. The molecule has 1 aliphatic rings. The van der Waals surface area contributed by atoms with E-state index in [9.17, 15) is 4.79 Å². The number of hydrogen-bond donors (Lipinski definition) is 2. The first-order valence-corrected chi connectivity index (χ1v) is 11.6. The molecular formula is C24H28N4O3S. The topological polar surface area (TPSA) is 99.4 Å². The summed E-state index contributed by atoms with van der Waals surface area (Å²) in [6, 6.07) is 11.9. The molecule has 0 aliphatic heterocycles. The van der Waals surface area contributed by atoms with Gasteiger partial charge in [-0.05, 0) is 62.4 Å². The minimum atomic E-state index is -0.101. The number of benzene rings is 2. The van der Waals surface area contributed by atoms with Gasteiger partial charge in [0.05, 0.1) is 17.8 Å². The lowest BCUT2D eigenvalue weighted by Gasteiger charge is -2.27. The molecule has 3 N–H and O–H groups in total. The zero-order valence-corrected chi connectivity index (χ0v) is 19.4. The van der Waals surface area contributed by atoms with Gasteiger partial charge in [0.15, 0.2) is 0 Å². The van der Waals surface area contributed by atoms with Crippen LogP contribution in [0.5, 0.6) is 5.75 Å². The van der Waals surface area contributed by atoms with Gasteiger partial charge in [0.1, 0.15) is 22.4 Å². The number of nitrogens with two attached hydrogens (primary N) is 1. The molecule has 0 radical (unpaired) electrons. The van der Waals surface area contributed by atoms with Gasteiger partial charge < -0.3 is 20.5 Å². The summed E-state index contributed by atoms with van der Waals surface area (Å²) in [6.07, 6.45) is 2.92. The number of ether oxygens (including phenoxy) is 2. The second-order valence-electron chi connectivity index (χ2n) is 8.15. The second-order valence-corrected chi connectivity index (χ2v) is 9.13. The van der Waals surface area contributed by atoms with Crippen LogP contribution in [0.2, 0.25) is 0 Å². The maximum absolute atomic E-state index is 12.1. The molecule has 168 valence electrons. The Hall–Kier alpha value is -2.97. The summed E-state index contributed by atoms with van der Waals surface area (Å²) >= 11 is 1.54. The van der Waals surface area contributed by atoms with Crippen LogP contribution in [-0.4, -0.2) is 35.9 Å². The number of carbonyl (C=O) groups excluding carboxylic acids is 1. The molecule has 1 heterocycles. The lowest BCUT2D eigenvalue weighted by Crippen LogP contribution is -2.33. The van der Waals surface area contributed by atoms with Crippen LogP contribution in [0.4, 0.5) is 5.69 Å². The second kappa shape index (κ2) is 9.67. The molecule has 0 saturated heterocycles. The lowest BCUT2D eigenvalue weighted by molar-refractivity contribution is -0.125. The molecule has 1 amide bonds. The summed E-state index contributed by atoms with van der Waals surface area (Å²) < 4.78 is 10.7. The van der Waals surface area contributed by atoms with Crippen LogP contribution in [0.15, 0.2) is 36.4 Å². The number of fused-ring (bicyclic) bond motifs is 1. The van der Waals surface area contributed by atoms with E-state index in [2.05, 4.69) is 27.6 Å². The summed E-state index contributed by atoms with van der Waals surface area (Å²) in [5.41, 5.74) is 11.1. The predicted molar refractivity (Wildman–Crippen MR) is 127 cm³/mol. The molecule has 7 nitrogen and oxygen atoms in total. The molecule has 4 rings (SSSR count). The van der Waals surface area contributed by atoms with Gasteiger partial charge in [-0.25, -0.2) is 0 Å².